The first kappa shape index (κ1) is 15.9. The Morgan fingerprint density at radius 1 is 1.08 bits per heavy atom. The second kappa shape index (κ2) is 6.35. The number of fused-ring (bicyclic) bond motifs is 1. The average Bonchev–Trinajstić information content (AvgIpc) is 3.08. The molecule has 1 saturated heterocycles. The van der Waals surface area contributed by atoms with E-state index in [2.05, 4.69) is 0 Å². The van der Waals surface area contributed by atoms with Crippen molar-refractivity contribution in [2.75, 3.05) is 13.2 Å². The van der Waals surface area contributed by atoms with Crippen LogP contribution in [0.15, 0.2) is 64.0 Å². The van der Waals surface area contributed by atoms with Gasteiger partial charge in [-0.2, -0.15) is 0 Å². The second-order valence-electron chi connectivity index (χ2n) is 6.05. The molecule has 1 aliphatic heterocycles. The molecule has 0 saturated carbocycles. The first-order valence-electron chi connectivity index (χ1n) is 8.16. The fourth-order valence-electron chi connectivity index (χ4n) is 2.92. The smallest absolute Gasteiger partial charge is 0.201 e. The number of hydrogen-bond donors (Lipinski definition) is 0. The number of rotatable bonds is 4. The maximum atomic E-state index is 12.8. The van der Waals surface area contributed by atoms with Gasteiger partial charge < -0.3 is 18.6 Å². The maximum absolute atomic E-state index is 12.8. The van der Waals surface area contributed by atoms with Gasteiger partial charge in [0.15, 0.2) is 5.79 Å². The fourth-order valence-corrected chi connectivity index (χ4v) is 2.92. The number of ether oxygens (including phenoxy) is 3. The van der Waals surface area contributed by atoms with E-state index in [1.165, 1.54) is 6.26 Å². The third kappa shape index (κ3) is 3.04. The summed E-state index contributed by atoms with van der Waals surface area (Å²) in [5.41, 5.74) is 1.76. The second-order valence-corrected chi connectivity index (χ2v) is 6.05. The molecular formula is C20H18O5. The predicted molar refractivity (Wildman–Crippen MR) is 92.5 cm³/mol. The van der Waals surface area contributed by atoms with Crippen LogP contribution in [0, 0.1) is 0 Å². The third-order valence-corrected chi connectivity index (χ3v) is 4.32. The third-order valence-electron chi connectivity index (χ3n) is 4.32. The lowest BCUT2D eigenvalue weighted by Gasteiger charge is -2.21. The maximum Gasteiger partial charge on any atom is 0.201 e. The number of hydrogen-bond acceptors (Lipinski definition) is 5. The van der Waals surface area contributed by atoms with Crippen LogP contribution in [-0.4, -0.2) is 13.2 Å². The van der Waals surface area contributed by atoms with E-state index in [-0.39, 0.29) is 5.43 Å². The molecule has 1 aromatic heterocycles. The molecule has 1 aliphatic rings. The van der Waals surface area contributed by atoms with Gasteiger partial charge in [-0.15, -0.1) is 0 Å². The van der Waals surface area contributed by atoms with E-state index < -0.39 is 5.79 Å². The van der Waals surface area contributed by atoms with E-state index >= 15 is 0 Å². The molecule has 128 valence electrons. The van der Waals surface area contributed by atoms with Crippen LogP contribution in [0.4, 0.5) is 0 Å². The van der Waals surface area contributed by atoms with Crippen LogP contribution >= 0.6 is 0 Å². The van der Waals surface area contributed by atoms with Crippen LogP contribution in [0.5, 0.6) is 5.75 Å². The van der Waals surface area contributed by atoms with Gasteiger partial charge in [-0.05, 0) is 24.6 Å². The Balaban J connectivity index is 1.62. The molecule has 0 atom stereocenters. The highest BCUT2D eigenvalue weighted by Crippen LogP contribution is 2.30. The van der Waals surface area contributed by atoms with Crippen LogP contribution in [0.25, 0.3) is 11.0 Å². The Labute approximate surface area is 144 Å². The van der Waals surface area contributed by atoms with Gasteiger partial charge in [0.25, 0.3) is 0 Å². The van der Waals surface area contributed by atoms with Gasteiger partial charge in [0.1, 0.15) is 24.2 Å². The van der Waals surface area contributed by atoms with Crippen molar-refractivity contribution in [1.29, 1.82) is 0 Å². The van der Waals surface area contributed by atoms with Gasteiger partial charge in [-0.3, -0.25) is 4.79 Å². The van der Waals surface area contributed by atoms with Crippen LogP contribution in [-0.2, 0) is 21.9 Å². The molecule has 0 unspecified atom stereocenters. The summed E-state index contributed by atoms with van der Waals surface area (Å²) < 4.78 is 22.6. The summed E-state index contributed by atoms with van der Waals surface area (Å²) in [5, 5.41) is 0.477. The molecule has 0 amide bonds. The summed E-state index contributed by atoms with van der Waals surface area (Å²) >= 11 is 0. The Kier molecular flexibility index (Phi) is 4.03. The average molecular weight is 338 g/mol. The molecular weight excluding hydrogens is 320 g/mol. The zero-order valence-electron chi connectivity index (χ0n) is 13.9. The highest BCUT2D eigenvalue weighted by molar-refractivity contribution is 5.78. The molecule has 4 rings (SSSR count). The van der Waals surface area contributed by atoms with Crippen molar-refractivity contribution in [3.8, 4) is 5.75 Å². The first-order valence-corrected chi connectivity index (χ1v) is 8.16. The molecule has 5 heteroatoms. The normalized spacial score (nSPS) is 16.2. The molecule has 2 heterocycles. The minimum atomic E-state index is -1.04. The molecule has 3 aromatic rings. The molecule has 25 heavy (non-hydrogen) atoms. The lowest BCUT2D eigenvalue weighted by Crippen LogP contribution is -2.29. The largest absolute Gasteiger partial charge is 0.489 e. The Morgan fingerprint density at radius 3 is 2.60 bits per heavy atom. The first-order chi connectivity index (χ1) is 12.2. The van der Waals surface area contributed by atoms with E-state index in [0.29, 0.717) is 42.1 Å². The monoisotopic (exact) mass is 338 g/mol. The standard InChI is InChI=1S/C20H18O5/c1-20(24-9-10-25-20)17-13-23-18-11-15(7-8-16(18)19(17)21)22-12-14-5-3-2-4-6-14/h2-8,11,13H,9-10,12H2,1H3. The molecule has 5 nitrogen and oxygen atoms in total. The van der Waals surface area contributed by atoms with Crippen LogP contribution in [0.1, 0.15) is 18.1 Å². The minimum Gasteiger partial charge on any atom is -0.489 e. The topological polar surface area (TPSA) is 57.9 Å². The van der Waals surface area contributed by atoms with Gasteiger partial charge in [0.2, 0.25) is 5.43 Å². The molecule has 0 bridgehead atoms. The van der Waals surface area contributed by atoms with E-state index in [4.69, 9.17) is 18.6 Å². The molecule has 0 aliphatic carbocycles. The van der Waals surface area contributed by atoms with Crippen LogP contribution in [0.2, 0.25) is 0 Å². The van der Waals surface area contributed by atoms with E-state index in [0.717, 1.165) is 5.56 Å². The Bertz CT molecular complexity index is 939. The van der Waals surface area contributed by atoms with E-state index in [1.54, 1.807) is 25.1 Å². The summed E-state index contributed by atoms with van der Waals surface area (Å²) in [6, 6.07) is 15.1. The summed E-state index contributed by atoms with van der Waals surface area (Å²) in [4.78, 5) is 12.8. The van der Waals surface area contributed by atoms with E-state index in [9.17, 15) is 4.79 Å². The van der Waals surface area contributed by atoms with Gasteiger partial charge in [-0.1, -0.05) is 30.3 Å². The van der Waals surface area contributed by atoms with Crippen molar-refractivity contribution in [3.05, 3.63) is 76.1 Å². The van der Waals surface area contributed by atoms with Crippen molar-refractivity contribution in [2.45, 2.75) is 19.3 Å². The molecule has 2 aromatic carbocycles. The SMILES string of the molecule is CC1(c2coc3cc(OCc4ccccc4)ccc3c2=O)OCCO1. The molecule has 0 spiro atoms. The lowest BCUT2D eigenvalue weighted by atomic mass is 10.1. The van der Waals surface area contributed by atoms with Crippen LogP contribution < -0.4 is 10.2 Å². The summed E-state index contributed by atoms with van der Waals surface area (Å²) in [5.74, 6) is -0.399. The van der Waals surface area contributed by atoms with E-state index in [1.807, 2.05) is 30.3 Å². The summed E-state index contributed by atoms with van der Waals surface area (Å²) in [6.07, 6.45) is 1.41. The van der Waals surface area contributed by atoms with Crippen molar-refractivity contribution in [1.82, 2.24) is 0 Å². The zero-order valence-corrected chi connectivity index (χ0v) is 13.9. The minimum absolute atomic E-state index is 0.153. The quantitative estimate of drug-likeness (QED) is 0.727. The summed E-state index contributed by atoms with van der Waals surface area (Å²) in [7, 11) is 0. The van der Waals surface area contributed by atoms with Crippen LogP contribution in [0.3, 0.4) is 0 Å². The lowest BCUT2D eigenvalue weighted by molar-refractivity contribution is -0.151. The number of benzene rings is 2. The van der Waals surface area contributed by atoms with Gasteiger partial charge in [-0.25, -0.2) is 0 Å². The van der Waals surface area contributed by atoms with Gasteiger partial charge in [0.05, 0.1) is 24.2 Å². The van der Waals surface area contributed by atoms with Gasteiger partial charge in [0, 0.05) is 6.07 Å². The van der Waals surface area contributed by atoms with Gasteiger partial charge >= 0.3 is 0 Å². The zero-order chi connectivity index (χ0) is 17.3. The van der Waals surface area contributed by atoms with Crippen molar-refractivity contribution >= 4 is 11.0 Å². The molecule has 0 N–H and O–H groups in total. The highest BCUT2D eigenvalue weighted by atomic mass is 16.7. The Hall–Kier alpha value is -2.63. The highest BCUT2D eigenvalue weighted by Gasteiger charge is 2.36. The van der Waals surface area contributed by atoms with Crippen molar-refractivity contribution in [3.63, 3.8) is 0 Å². The predicted octanol–water partition coefficient (Wildman–Crippen LogP) is 3.59. The van der Waals surface area contributed by atoms with Crippen molar-refractivity contribution < 1.29 is 18.6 Å². The molecule has 1 fully saturated rings. The molecule has 0 radical (unpaired) electrons. The summed E-state index contributed by atoms with van der Waals surface area (Å²) in [6.45, 7) is 3.10. The fraction of sp³-hybridized carbons (Fsp3) is 0.250. The van der Waals surface area contributed by atoms with Crippen molar-refractivity contribution in [2.24, 2.45) is 0 Å². The Morgan fingerprint density at radius 2 is 1.84 bits per heavy atom.